The maximum atomic E-state index is 10.9. The van der Waals surface area contributed by atoms with Gasteiger partial charge in [0, 0.05) is 12.7 Å². The number of nitrogen functional groups attached to an aromatic ring is 1. The van der Waals surface area contributed by atoms with Crippen LogP contribution in [0.15, 0.2) is 35.5 Å². The van der Waals surface area contributed by atoms with Crippen molar-refractivity contribution in [1.29, 1.82) is 0 Å². The van der Waals surface area contributed by atoms with E-state index in [-0.39, 0.29) is 23.9 Å². The Hall–Kier alpha value is -2.65. The Balaban J connectivity index is 0.00000243. The van der Waals surface area contributed by atoms with Crippen molar-refractivity contribution in [2.45, 2.75) is 11.6 Å². The summed E-state index contributed by atoms with van der Waals surface area (Å²) < 4.78 is 0. The van der Waals surface area contributed by atoms with Gasteiger partial charge >= 0.3 is 5.97 Å². The molecule has 3 aromatic rings. The second kappa shape index (κ2) is 8.15. The molecule has 3 rings (SSSR count). The number of carboxylic acids is 1. The second-order valence-electron chi connectivity index (χ2n) is 5.33. The Kier molecular flexibility index (Phi) is 6.17. The number of anilines is 2. The van der Waals surface area contributed by atoms with E-state index >= 15 is 0 Å². The highest BCUT2D eigenvalue weighted by Crippen LogP contribution is 2.22. The summed E-state index contributed by atoms with van der Waals surface area (Å²) in [7, 11) is 1.90. The maximum Gasteiger partial charge on any atom is 0.335 e. The van der Waals surface area contributed by atoms with E-state index in [0.29, 0.717) is 22.7 Å². The van der Waals surface area contributed by atoms with Crippen molar-refractivity contribution >= 4 is 52.9 Å². The van der Waals surface area contributed by atoms with Gasteiger partial charge in [0.2, 0.25) is 5.95 Å². The summed E-state index contributed by atoms with van der Waals surface area (Å²) in [5, 5.41) is 9.65. The summed E-state index contributed by atoms with van der Waals surface area (Å²) in [6.45, 7) is 0.507. The smallest absolute Gasteiger partial charge is 0.335 e. The average Bonchev–Trinajstić information content (AvgIpc) is 2.61. The van der Waals surface area contributed by atoms with Crippen molar-refractivity contribution < 1.29 is 9.90 Å². The van der Waals surface area contributed by atoms with Crippen LogP contribution in [0.3, 0.4) is 0 Å². The summed E-state index contributed by atoms with van der Waals surface area (Å²) >= 11 is 1.44. The van der Waals surface area contributed by atoms with Gasteiger partial charge in [0.15, 0.2) is 5.65 Å². The minimum atomic E-state index is -0.946. The minimum Gasteiger partial charge on any atom is -0.478 e. The first-order valence-corrected chi connectivity index (χ1v) is 8.58. The van der Waals surface area contributed by atoms with Crippen LogP contribution in [0.2, 0.25) is 0 Å². The highest BCUT2D eigenvalue weighted by Gasteiger charge is 2.11. The van der Waals surface area contributed by atoms with Crippen LogP contribution in [0.1, 0.15) is 16.1 Å². The number of carboxylic acid groups (broad SMARTS) is 1. The fourth-order valence-electron chi connectivity index (χ4n) is 2.35. The fourth-order valence-corrected chi connectivity index (χ4v) is 2.86. The molecule has 0 spiro atoms. The van der Waals surface area contributed by atoms with E-state index in [4.69, 9.17) is 10.8 Å². The van der Waals surface area contributed by atoms with Crippen LogP contribution in [-0.2, 0) is 6.54 Å². The van der Waals surface area contributed by atoms with E-state index in [2.05, 4.69) is 19.9 Å². The molecule has 2 heterocycles. The Bertz CT molecular complexity index is 938. The van der Waals surface area contributed by atoms with E-state index in [9.17, 15) is 4.79 Å². The highest BCUT2D eigenvalue weighted by atomic mass is 35.5. The van der Waals surface area contributed by atoms with Gasteiger partial charge in [-0.2, -0.15) is 4.98 Å². The largest absolute Gasteiger partial charge is 0.478 e. The lowest BCUT2D eigenvalue weighted by Crippen LogP contribution is -2.17. The van der Waals surface area contributed by atoms with Gasteiger partial charge in [-0.3, -0.25) is 0 Å². The zero-order valence-corrected chi connectivity index (χ0v) is 15.7. The third-order valence-corrected chi connectivity index (χ3v) is 4.26. The lowest BCUT2D eigenvalue weighted by molar-refractivity contribution is 0.0697. The normalized spacial score (nSPS) is 10.4. The van der Waals surface area contributed by atoms with Gasteiger partial charge in [-0.15, -0.1) is 24.2 Å². The number of aromatic carboxylic acids is 1. The van der Waals surface area contributed by atoms with E-state index in [0.717, 1.165) is 11.4 Å². The van der Waals surface area contributed by atoms with Gasteiger partial charge < -0.3 is 15.7 Å². The monoisotopic (exact) mass is 392 g/mol. The Morgan fingerprint density at radius 2 is 1.92 bits per heavy atom. The molecule has 0 amide bonds. The molecule has 0 bridgehead atoms. The van der Waals surface area contributed by atoms with Crippen molar-refractivity contribution in [3.63, 3.8) is 0 Å². The third kappa shape index (κ3) is 4.12. The molecule has 0 atom stereocenters. The summed E-state index contributed by atoms with van der Waals surface area (Å²) in [5.41, 5.74) is 8.64. The van der Waals surface area contributed by atoms with Crippen LogP contribution in [0.25, 0.3) is 11.2 Å². The molecular weight excluding hydrogens is 376 g/mol. The molecule has 10 heteroatoms. The number of benzene rings is 1. The van der Waals surface area contributed by atoms with Crippen molar-refractivity contribution in [1.82, 2.24) is 19.9 Å². The van der Waals surface area contributed by atoms with Crippen LogP contribution in [0.5, 0.6) is 0 Å². The first kappa shape index (κ1) is 19.7. The van der Waals surface area contributed by atoms with Crippen molar-refractivity contribution in [2.75, 3.05) is 23.9 Å². The molecule has 3 N–H and O–H groups in total. The van der Waals surface area contributed by atoms with Gasteiger partial charge in [0.1, 0.15) is 10.5 Å². The van der Waals surface area contributed by atoms with Crippen LogP contribution < -0.4 is 10.6 Å². The molecule has 0 saturated heterocycles. The molecule has 0 saturated carbocycles. The topological polar surface area (TPSA) is 118 Å². The molecule has 8 nitrogen and oxygen atoms in total. The van der Waals surface area contributed by atoms with Gasteiger partial charge in [0.05, 0.1) is 24.0 Å². The SMILES string of the molecule is CSc1nc(N)nc2ncc(CN(C)c3ccc(C(=O)O)cc3)nc12.Cl. The predicted octanol–water partition coefficient (Wildman–Crippen LogP) is 2.48. The summed E-state index contributed by atoms with van der Waals surface area (Å²) in [6, 6.07) is 6.66. The molecule has 136 valence electrons. The third-order valence-electron chi connectivity index (χ3n) is 3.59. The van der Waals surface area contributed by atoms with Gasteiger partial charge in [-0.25, -0.2) is 19.7 Å². The van der Waals surface area contributed by atoms with Crippen LogP contribution in [0.4, 0.5) is 11.6 Å². The first-order chi connectivity index (χ1) is 12.0. The Labute approximate surface area is 160 Å². The van der Waals surface area contributed by atoms with E-state index in [1.165, 1.54) is 11.8 Å². The summed E-state index contributed by atoms with van der Waals surface area (Å²) in [5.74, 6) is -0.770. The molecule has 0 aliphatic rings. The van der Waals surface area contributed by atoms with Crippen molar-refractivity contribution in [3.05, 3.63) is 41.7 Å². The number of fused-ring (bicyclic) bond motifs is 1. The molecule has 0 radical (unpaired) electrons. The highest BCUT2D eigenvalue weighted by molar-refractivity contribution is 7.98. The Morgan fingerprint density at radius 3 is 2.54 bits per heavy atom. The standard InChI is InChI=1S/C16H16N6O2S.ClH/c1-22(11-5-3-9(4-6-11)15(23)24)8-10-7-18-13-12(19-10)14(25-2)21-16(17)20-13;/h3-7H,8H2,1-2H3,(H,23,24)(H2,17,18,20,21);1H. The quantitative estimate of drug-likeness (QED) is 0.498. The zero-order chi connectivity index (χ0) is 18.0. The summed E-state index contributed by atoms with van der Waals surface area (Å²) in [6.07, 6.45) is 3.55. The molecule has 1 aromatic carbocycles. The van der Waals surface area contributed by atoms with E-state index in [1.54, 1.807) is 30.5 Å². The number of aromatic nitrogens is 4. The molecule has 26 heavy (non-hydrogen) atoms. The number of nitrogens with zero attached hydrogens (tertiary/aromatic N) is 5. The first-order valence-electron chi connectivity index (χ1n) is 7.35. The van der Waals surface area contributed by atoms with Crippen molar-refractivity contribution in [2.24, 2.45) is 0 Å². The number of hydrogen-bond acceptors (Lipinski definition) is 8. The number of thioether (sulfide) groups is 1. The van der Waals surface area contributed by atoms with Crippen LogP contribution in [-0.4, -0.2) is 44.3 Å². The number of halogens is 1. The fraction of sp³-hybridized carbons (Fsp3) is 0.188. The van der Waals surface area contributed by atoms with Gasteiger partial charge in [0.25, 0.3) is 0 Å². The van der Waals surface area contributed by atoms with Gasteiger partial charge in [-0.1, -0.05) is 0 Å². The van der Waals surface area contributed by atoms with Crippen molar-refractivity contribution in [3.8, 4) is 0 Å². The lowest BCUT2D eigenvalue weighted by atomic mass is 10.2. The maximum absolute atomic E-state index is 10.9. The average molecular weight is 393 g/mol. The van der Waals surface area contributed by atoms with E-state index < -0.39 is 5.97 Å². The number of nitrogens with two attached hydrogens (primary N) is 1. The Morgan fingerprint density at radius 1 is 1.23 bits per heavy atom. The van der Waals surface area contributed by atoms with Gasteiger partial charge in [-0.05, 0) is 30.5 Å². The van der Waals surface area contributed by atoms with E-state index in [1.807, 2.05) is 18.2 Å². The minimum absolute atomic E-state index is 0. The second-order valence-corrected chi connectivity index (χ2v) is 6.13. The molecular formula is C16H17ClN6O2S. The van der Waals surface area contributed by atoms with Crippen LogP contribution >= 0.6 is 24.2 Å². The molecule has 0 aliphatic heterocycles. The molecule has 2 aromatic heterocycles. The van der Waals surface area contributed by atoms with Crippen LogP contribution in [0, 0.1) is 0 Å². The predicted molar refractivity (Wildman–Crippen MR) is 104 cm³/mol. The molecule has 0 aliphatic carbocycles. The zero-order valence-electron chi connectivity index (χ0n) is 14.1. The molecule has 0 unspecified atom stereocenters. The molecule has 0 fully saturated rings. The summed E-state index contributed by atoms with van der Waals surface area (Å²) in [4.78, 5) is 30.1. The lowest BCUT2D eigenvalue weighted by Gasteiger charge is -2.19. The number of rotatable bonds is 5. The number of hydrogen-bond donors (Lipinski definition) is 2. The number of carbonyl (C=O) groups is 1.